The number of hydrogen-bond donors (Lipinski definition) is 2. The average molecular weight is 242 g/mol. The van der Waals surface area contributed by atoms with Gasteiger partial charge in [0.1, 0.15) is 0 Å². The van der Waals surface area contributed by atoms with Crippen molar-refractivity contribution in [1.29, 1.82) is 0 Å². The Morgan fingerprint density at radius 3 is 2.94 bits per heavy atom. The van der Waals surface area contributed by atoms with Crippen LogP contribution < -0.4 is 11.1 Å². The molecule has 0 aliphatic heterocycles. The Morgan fingerprint density at radius 2 is 2.22 bits per heavy atom. The number of benzene rings is 1. The maximum absolute atomic E-state index is 6.07. The third-order valence-corrected chi connectivity index (χ3v) is 4.05. The number of hydrogen-bond acceptors (Lipinski definition) is 2. The molecule has 2 rings (SSSR count). The Hall–Kier alpha value is -1.30. The molecule has 3 N–H and O–H groups in total. The summed E-state index contributed by atoms with van der Waals surface area (Å²) >= 11 is 0. The Balaban J connectivity index is 2.36. The first-order valence-corrected chi connectivity index (χ1v) is 6.67. The Morgan fingerprint density at radius 1 is 1.44 bits per heavy atom. The van der Waals surface area contributed by atoms with E-state index in [1.807, 2.05) is 6.92 Å². The molecule has 0 bridgehead atoms. The number of nitrogens with two attached hydrogens (primary N) is 1. The van der Waals surface area contributed by atoms with Gasteiger partial charge in [-0.05, 0) is 36.8 Å². The number of nitrogens with one attached hydrogen (secondary N) is 1. The van der Waals surface area contributed by atoms with Crippen LogP contribution in [0, 0.1) is 11.8 Å². The van der Waals surface area contributed by atoms with Gasteiger partial charge in [-0.25, -0.2) is 0 Å². The summed E-state index contributed by atoms with van der Waals surface area (Å²) in [7, 11) is 0. The second-order valence-corrected chi connectivity index (χ2v) is 5.09. The number of fused-ring (bicyclic) bond motifs is 1. The molecule has 1 aliphatic rings. The molecule has 18 heavy (non-hydrogen) atoms. The predicted octanol–water partition coefficient (Wildman–Crippen LogP) is 2.35. The molecule has 0 heterocycles. The van der Waals surface area contributed by atoms with Gasteiger partial charge in [0.05, 0.1) is 12.1 Å². The molecular formula is C16H22N2. The summed E-state index contributed by atoms with van der Waals surface area (Å²) in [4.78, 5) is 0. The lowest BCUT2D eigenvalue weighted by Gasteiger charge is -2.41. The maximum Gasteiger partial charge on any atom is 0.0583 e. The van der Waals surface area contributed by atoms with Gasteiger partial charge in [0.2, 0.25) is 0 Å². The second-order valence-electron chi connectivity index (χ2n) is 5.09. The fourth-order valence-electron chi connectivity index (χ4n) is 2.89. The fourth-order valence-corrected chi connectivity index (χ4v) is 2.89. The lowest BCUT2D eigenvalue weighted by molar-refractivity contribution is 0.292. The molecule has 96 valence electrons. The molecule has 0 amide bonds. The van der Waals surface area contributed by atoms with Crippen molar-refractivity contribution >= 4 is 0 Å². The quantitative estimate of drug-likeness (QED) is 0.799. The highest BCUT2D eigenvalue weighted by Crippen LogP contribution is 2.40. The van der Waals surface area contributed by atoms with E-state index in [2.05, 4.69) is 48.3 Å². The van der Waals surface area contributed by atoms with Crippen LogP contribution in [-0.4, -0.2) is 13.1 Å². The summed E-state index contributed by atoms with van der Waals surface area (Å²) in [5.41, 5.74) is 8.78. The van der Waals surface area contributed by atoms with Crippen LogP contribution in [0.1, 0.15) is 43.7 Å². The van der Waals surface area contributed by atoms with E-state index in [-0.39, 0.29) is 5.54 Å². The SMILES string of the molecule is CC#CCNC1(CN)CCC(C)c2ccccc21. The van der Waals surface area contributed by atoms with E-state index in [0.29, 0.717) is 19.0 Å². The monoisotopic (exact) mass is 242 g/mol. The van der Waals surface area contributed by atoms with Crippen molar-refractivity contribution in [1.82, 2.24) is 5.32 Å². The topological polar surface area (TPSA) is 38.0 Å². The summed E-state index contributed by atoms with van der Waals surface area (Å²) in [6.07, 6.45) is 2.27. The molecule has 0 radical (unpaired) electrons. The van der Waals surface area contributed by atoms with Crippen LogP contribution in [0.4, 0.5) is 0 Å². The minimum absolute atomic E-state index is 0.0903. The molecule has 2 atom stereocenters. The summed E-state index contributed by atoms with van der Waals surface area (Å²) in [5.74, 6) is 6.63. The van der Waals surface area contributed by atoms with Gasteiger partial charge in [0.25, 0.3) is 0 Å². The highest BCUT2D eigenvalue weighted by Gasteiger charge is 2.36. The summed E-state index contributed by atoms with van der Waals surface area (Å²) in [5, 5.41) is 3.56. The first kappa shape index (κ1) is 13.1. The molecule has 0 saturated heterocycles. The van der Waals surface area contributed by atoms with E-state index in [1.54, 1.807) is 0 Å². The predicted molar refractivity (Wildman–Crippen MR) is 76.3 cm³/mol. The van der Waals surface area contributed by atoms with Gasteiger partial charge in [-0.15, -0.1) is 5.92 Å². The molecule has 0 spiro atoms. The third-order valence-electron chi connectivity index (χ3n) is 4.05. The van der Waals surface area contributed by atoms with Crippen molar-refractivity contribution < 1.29 is 0 Å². The molecular weight excluding hydrogens is 220 g/mol. The molecule has 1 aromatic carbocycles. The summed E-state index contributed by atoms with van der Waals surface area (Å²) < 4.78 is 0. The van der Waals surface area contributed by atoms with Crippen LogP contribution in [0.15, 0.2) is 24.3 Å². The largest absolute Gasteiger partial charge is 0.328 e. The Kier molecular flexibility index (Phi) is 4.06. The summed E-state index contributed by atoms with van der Waals surface area (Å²) in [6.45, 7) is 5.50. The first-order chi connectivity index (χ1) is 8.73. The zero-order valence-electron chi connectivity index (χ0n) is 11.3. The van der Waals surface area contributed by atoms with Crippen LogP contribution >= 0.6 is 0 Å². The van der Waals surface area contributed by atoms with Gasteiger partial charge >= 0.3 is 0 Å². The van der Waals surface area contributed by atoms with E-state index < -0.39 is 0 Å². The Bertz CT molecular complexity index is 469. The normalized spacial score (nSPS) is 26.1. The van der Waals surface area contributed by atoms with Crippen molar-refractivity contribution in [2.75, 3.05) is 13.1 Å². The van der Waals surface area contributed by atoms with Crippen molar-refractivity contribution in [3.63, 3.8) is 0 Å². The van der Waals surface area contributed by atoms with Gasteiger partial charge in [-0.1, -0.05) is 37.1 Å². The smallest absolute Gasteiger partial charge is 0.0583 e. The first-order valence-electron chi connectivity index (χ1n) is 6.67. The van der Waals surface area contributed by atoms with E-state index in [1.165, 1.54) is 17.5 Å². The molecule has 1 aliphatic carbocycles. The standard InChI is InChI=1S/C16H22N2/c1-3-4-11-18-16(12-17)10-9-13(2)14-7-5-6-8-15(14)16/h5-8,13,18H,9-12,17H2,1-2H3. The molecule has 0 saturated carbocycles. The maximum atomic E-state index is 6.07. The van der Waals surface area contributed by atoms with Crippen LogP contribution in [-0.2, 0) is 5.54 Å². The van der Waals surface area contributed by atoms with Gasteiger partial charge in [0, 0.05) is 6.54 Å². The van der Waals surface area contributed by atoms with Crippen molar-refractivity contribution in [2.24, 2.45) is 5.73 Å². The molecule has 2 heteroatoms. The van der Waals surface area contributed by atoms with E-state index >= 15 is 0 Å². The zero-order valence-corrected chi connectivity index (χ0v) is 11.3. The van der Waals surface area contributed by atoms with Gasteiger partial charge in [-0.2, -0.15) is 0 Å². The van der Waals surface area contributed by atoms with E-state index in [0.717, 1.165) is 6.42 Å². The minimum Gasteiger partial charge on any atom is -0.328 e. The fraction of sp³-hybridized carbons (Fsp3) is 0.500. The lowest BCUT2D eigenvalue weighted by atomic mass is 9.72. The third kappa shape index (κ3) is 2.29. The summed E-state index contributed by atoms with van der Waals surface area (Å²) in [6, 6.07) is 8.67. The van der Waals surface area contributed by atoms with Crippen molar-refractivity contribution in [2.45, 2.75) is 38.1 Å². The van der Waals surface area contributed by atoms with Gasteiger partial charge < -0.3 is 5.73 Å². The van der Waals surface area contributed by atoms with Gasteiger partial charge in [-0.3, -0.25) is 5.32 Å². The zero-order chi connectivity index (χ0) is 13.0. The molecule has 0 aromatic heterocycles. The highest BCUT2D eigenvalue weighted by atomic mass is 15.0. The lowest BCUT2D eigenvalue weighted by Crippen LogP contribution is -2.51. The molecule has 0 fully saturated rings. The van der Waals surface area contributed by atoms with Crippen LogP contribution in [0.2, 0.25) is 0 Å². The van der Waals surface area contributed by atoms with Crippen molar-refractivity contribution in [3.05, 3.63) is 35.4 Å². The average Bonchev–Trinajstić information content (AvgIpc) is 2.42. The van der Waals surface area contributed by atoms with Crippen LogP contribution in [0.25, 0.3) is 0 Å². The van der Waals surface area contributed by atoms with Crippen molar-refractivity contribution in [3.8, 4) is 11.8 Å². The second kappa shape index (κ2) is 5.56. The molecule has 1 aromatic rings. The number of rotatable bonds is 3. The Labute approximate surface area is 110 Å². The highest BCUT2D eigenvalue weighted by molar-refractivity contribution is 5.39. The van der Waals surface area contributed by atoms with Crippen LogP contribution in [0.5, 0.6) is 0 Å². The van der Waals surface area contributed by atoms with Gasteiger partial charge in [0.15, 0.2) is 0 Å². The molecule has 2 unspecified atom stereocenters. The molecule has 2 nitrogen and oxygen atoms in total. The van der Waals surface area contributed by atoms with E-state index in [4.69, 9.17) is 5.73 Å². The van der Waals surface area contributed by atoms with E-state index in [9.17, 15) is 0 Å². The van der Waals surface area contributed by atoms with Crippen LogP contribution in [0.3, 0.4) is 0 Å². The minimum atomic E-state index is -0.0903.